The molecule has 0 aromatic carbocycles. The molecular formula is C11H17IN4. The highest BCUT2D eigenvalue weighted by Gasteiger charge is 2.10. The van der Waals surface area contributed by atoms with Crippen LogP contribution in [0.25, 0.3) is 0 Å². The predicted molar refractivity (Wildman–Crippen MR) is 73.5 cm³/mol. The van der Waals surface area contributed by atoms with E-state index in [0.29, 0.717) is 0 Å². The van der Waals surface area contributed by atoms with E-state index in [0.717, 1.165) is 15.9 Å². The van der Waals surface area contributed by atoms with Crippen LogP contribution in [0.2, 0.25) is 0 Å². The summed E-state index contributed by atoms with van der Waals surface area (Å²) in [4.78, 5) is 10.7. The molecule has 0 unspecified atom stereocenters. The summed E-state index contributed by atoms with van der Waals surface area (Å²) in [5.74, 6) is 0.956. The number of hydrogen-bond donors (Lipinski definition) is 1. The second-order valence-corrected chi connectivity index (χ2v) is 5.21. The Bertz CT molecular complexity index is 326. The molecular weight excluding hydrogens is 315 g/mol. The Labute approximate surface area is 110 Å². The first-order chi connectivity index (χ1) is 7.86. The van der Waals surface area contributed by atoms with Crippen molar-refractivity contribution in [2.45, 2.75) is 19.3 Å². The number of rotatable bonds is 5. The van der Waals surface area contributed by atoms with Crippen molar-refractivity contribution in [2.75, 3.05) is 31.5 Å². The summed E-state index contributed by atoms with van der Waals surface area (Å²) in [6, 6.07) is 0. The molecule has 16 heavy (non-hydrogen) atoms. The number of anilines is 1. The fraction of sp³-hybridized carbons (Fsp3) is 0.636. The van der Waals surface area contributed by atoms with Crippen LogP contribution in [0.15, 0.2) is 12.5 Å². The van der Waals surface area contributed by atoms with Gasteiger partial charge in [-0.2, -0.15) is 0 Å². The molecule has 0 atom stereocenters. The van der Waals surface area contributed by atoms with Crippen molar-refractivity contribution in [2.24, 2.45) is 0 Å². The molecule has 88 valence electrons. The quantitative estimate of drug-likeness (QED) is 0.661. The molecule has 1 aliphatic heterocycles. The average Bonchev–Trinajstić information content (AvgIpc) is 2.79. The lowest BCUT2D eigenvalue weighted by molar-refractivity contribution is 0.337. The Morgan fingerprint density at radius 2 is 2.19 bits per heavy atom. The lowest BCUT2D eigenvalue weighted by Gasteiger charge is -2.14. The fourth-order valence-electron chi connectivity index (χ4n) is 1.96. The molecule has 1 aromatic rings. The molecule has 2 heterocycles. The van der Waals surface area contributed by atoms with Crippen LogP contribution in [-0.4, -0.2) is 41.0 Å². The van der Waals surface area contributed by atoms with Gasteiger partial charge in [0.15, 0.2) is 0 Å². The van der Waals surface area contributed by atoms with Crippen molar-refractivity contribution in [3.8, 4) is 0 Å². The zero-order chi connectivity index (χ0) is 11.2. The third-order valence-corrected chi connectivity index (χ3v) is 3.60. The molecule has 1 fully saturated rings. The van der Waals surface area contributed by atoms with Gasteiger partial charge < -0.3 is 10.2 Å². The van der Waals surface area contributed by atoms with Crippen LogP contribution in [0.3, 0.4) is 0 Å². The standard InChI is InChI=1S/C11H17IN4/c12-10-8-13-9-15-11(10)14-4-3-7-16-5-1-2-6-16/h8-9H,1-7H2,(H,13,14,15). The molecule has 1 aliphatic rings. The van der Waals surface area contributed by atoms with E-state index in [-0.39, 0.29) is 0 Å². The van der Waals surface area contributed by atoms with E-state index in [9.17, 15) is 0 Å². The van der Waals surface area contributed by atoms with E-state index in [1.54, 1.807) is 6.33 Å². The normalized spacial score (nSPS) is 16.6. The van der Waals surface area contributed by atoms with Gasteiger partial charge in [0.2, 0.25) is 0 Å². The molecule has 0 bridgehead atoms. The lowest BCUT2D eigenvalue weighted by Crippen LogP contribution is -2.22. The zero-order valence-electron chi connectivity index (χ0n) is 9.32. The lowest BCUT2D eigenvalue weighted by atomic mass is 10.4. The third kappa shape index (κ3) is 3.55. The maximum absolute atomic E-state index is 4.20. The Hall–Kier alpha value is -0.430. The van der Waals surface area contributed by atoms with Gasteiger partial charge in [0, 0.05) is 12.7 Å². The van der Waals surface area contributed by atoms with Crippen molar-refractivity contribution in [3.05, 3.63) is 16.1 Å². The van der Waals surface area contributed by atoms with Gasteiger partial charge in [-0.1, -0.05) is 0 Å². The molecule has 2 rings (SSSR count). The summed E-state index contributed by atoms with van der Waals surface area (Å²) in [5.41, 5.74) is 0. The molecule has 0 radical (unpaired) electrons. The van der Waals surface area contributed by atoms with Crippen LogP contribution >= 0.6 is 22.6 Å². The van der Waals surface area contributed by atoms with E-state index >= 15 is 0 Å². The number of aromatic nitrogens is 2. The van der Waals surface area contributed by atoms with E-state index in [1.165, 1.54) is 38.9 Å². The van der Waals surface area contributed by atoms with Gasteiger partial charge in [-0.3, -0.25) is 0 Å². The highest BCUT2D eigenvalue weighted by atomic mass is 127. The van der Waals surface area contributed by atoms with Crippen LogP contribution in [0.5, 0.6) is 0 Å². The molecule has 5 heteroatoms. The summed E-state index contributed by atoms with van der Waals surface area (Å²) >= 11 is 2.25. The first-order valence-corrected chi connectivity index (χ1v) is 6.86. The van der Waals surface area contributed by atoms with E-state index in [4.69, 9.17) is 0 Å². The van der Waals surface area contributed by atoms with Gasteiger partial charge in [-0.25, -0.2) is 9.97 Å². The molecule has 0 amide bonds. The van der Waals surface area contributed by atoms with Crippen molar-refractivity contribution in [1.82, 2.24) is 14.9 Å². The van der Waals surface area contributed by atoms with E-state index < -0.39 is 0 Å². The van der Waals surface area contributed by atoms with Gasteiger partial charge >= 0.3 is 0 Å². The van der Waals surface area contributed by atoms with Gasteiger partial charge in [0.25, 0.3) is 0 Å². The first-order valence-electron chi connectivity index (χ1n) is 5.78. The minimum Gasteiger partial charge on any atom is -0.369 e. The van der Waals surface area contributed by atoms with Crippen LogP contribution in [0.1, 0.15) is 19.3 Å². The molecule has 1 aromatic heterocycles. The number of nitrogens with one attached hydrogen (secondary N) is 1. The van der Waals surface area contributed by atoms with Crippen molar-refractivity contribution >= 4 is 28.4 Å². The third-order valence-electron chi connectivity index (χ3n) is 2.81. The highest BCUT2D eigenvalue weighted by molar-refractivity contribution is 14.1. The monoisotopic (exact) mass is 332 g/mol. The van der Waals surface area contributed by atoms with Crippen molar-refractivity contribution in [1.29, 1.82) is 0 Å². The summed E-state index contributed by atoms with van der Waals surface area (Å²) in [6.07, 6.45) is 7.34. The molecule has 1 N–H and O–H groups in total. The minimum atomic E-state index is 0.956. The average molecular weight is 332 g/mol. The van der Waals surface area contributed by atoms with Crippen molar-refractivity contribution in [3.63, 3.8) is 0 Å². The van der Waals surface area contributed by atoms with Gasteiger partial charge in [0.1, 0.15) is 12.1 Å². The second-order valence-electron chi connectivity index (χ2n) is 4.05. The first kappa shape index (κ1) is 12.0. The maximum Gasteiger partial charge on any atom is 0.142 e. The van der Waals surface area contributed by atoms with Crippen LogP contribution in [-0.2, 0) is 0 Å². The molecule has 0 spiro atoms. The largest absolute Gasteiger partial charge is 0.369 e. The van der Waals surface area contributed by atoms with Crippen molar-refractivity contribution < 1.29 is 0 Å². The zero-order valence-corrected chi connectivity index (χ0v) is 11.5. The van der Waals surface area contributed by atoms with Gasteiger partial charge in [0.05, 0.1) is 3.57 Å². The fourth-order valence-corrected chi connectivity index (χ4v) is 2.45. The van der Waals surface area contributed by atoms with Gasteiger partial charge in [-0.05, 0) is 61.5 Å². The second kappa shape index (κ2) is 6.34. The molecule has 4 nitrogen and oxygen atoms in total. The van der Waals surface area contributed by atoms with Crippen LogP contribution in [0.4, 0.5) is 5.82 Å². The number of likely N-dealkylation sites (tertiary alicyclic amines) is 1. The maximum atomic E-state index is 4.20. The Balaban J connectivity index is 1.66. The Morgan fingerprint density at radius 1 is 1.38 bits per heavy atom. The number of hydrogen-bond acceptors (Lipinski definition) is 4. The SMILES string of the molecule is Ic1cncnc1NCCCN1CCCC1. The molecule has 0 saturated carbocycles. The number of halogens is 1. The minimum absolute atomic E-state index is 0.956. The smallest absolute Gasteiger partial charge is 0.142 e. The molecule has 0 aliphatic carbocycles. The van der Waals surface area contributed by atoms with Gasteiger partial charge in [-0.15, -0.1) is 0 Å². The summed E-state index contributed by atoms with van der Waals surface area (Å²) in [7, 11) is 0. The Kier molecular flexibility index (Phi) is 4.77. The summed E-state index contributed by atoms with van der Waals surface area (Å²) < 4.78 is 1.08. The van der Waals surface area contributed by atoms with Crippen LogP contribution in [0, 0.1) is 3.57 Å². The highest BCUT2D eigenvalue weighted by Crippen LogP contribution is 2.12. The summed E-state index contributed by atoms with van der Waals surface area (Å²) in [6.45, 7) is 4.76. The predicted octanol–water partition coefficient (Wildman–Crippen LogP) is 1.98. The summed E-state index contributed by atoms with van der Waals surface area (Å²) in [5, 5.41) is 3.35. The number of nitrogens with zero attached hydrogens (tertiary/aromatic N) is 3. The van der Waals surface area contributed by atoms with E-state index in [1.807, 2.05) is 6.20 Å². The van der Waals surface area contributed by atoms with Crippen LogP contribution < -0.4 is 5.32 Å². The van der Waals surface area contributed by atoms with E-state index in [2.05, 4.69) is 42.8 Å². The topological polar surface area (TPSA) is 41.1 Å². The Morgan fingerprint density at radius 3 is 2.94 bits per heavy atom. The molecule has 1 saturated heterocycles.